The van der Waals surface area contributed by atoms with E-state index in [0.29, 0.717) is 6.10 Å². The molecule has 0 aromatic heterocycles. The van der Waals surface area contributed by atoms with E-state index in [9.17, 15) is 5.11 Å². The molecule has 1 aromatic carbocycles. The number of benzene rings is 1. The van der Waals surface area contributed by atoms with Crippen LogP contribution in [0.15, 0.2) is 30.3 Å². The molecule has 4 fully saturated rings. The zero-order valence-electron chi connectivity index (χ0n) is 16.6. The van der Waals surface area contributed by atoms with Crippen LogP contribution in [0, 0.1) is 35.5 Å². The van der Waals surface area contributed by atoms with Crippen molar-refractivity contribution in [1.82, 2.24) is 0 Å². The summed E-state index contributed by atoms with van der Waals surface area (Å²) in [4.78, 5) is 0. The van der Waals surface area contributed by atoms with E-state index in [-0.39, 0.29) is 6.10 Å². The van der Waals surface area contributed by atoms with Gasteiger partial charge in [-0.25, -0.2) is 0 Å². The SMILES string of the molecule is O[C@@H]1CC[C@H]2[C@@H](CC[C@@H]3[C@@H]2CC[C@@H]2C[C@@H](OCc4ccccc4)CC[C@H]23)C1. The molecule has 0 unspecified atom stereocenters. The summed E-state index contributed by atoms with van der Waals surface area (Å²) in [5, 5.41) is 10.1. The van der Waals surface area contributed by atoms with Crippen molar-refractivity contribution >= 4 is 0 Å². The zero-order valence-corrected chi connectivity index (χ0v) is 16.6. The highest BCUT2D eigenvalue weighted by Crippen LogP contribution is 2.57. The minimum absolute atomic E-state index is 0.00339. The van der Waals surface area contributed by atoms with Gasteiger partial charge in [0.2, 0.25) is 0 Å². The molecule has 0 heterocycles. The highest BCUT2D eigenvalue weighted by atomic mass is 16.5. The van der Waals surface area contributed by atoms with Crippen LogP contribution in [0.25, 0.3) is 0 Å². The van der Waals surface area contributed by atoms with Crippen LogP contribution in [0.1, 0.15) is 69.8 Å². The molecule has 0 saturated heterocycles. The molecule has 1 N–H and O–H groups in total. The van der Waals surface area contributed by atoms with E-state index in [0.717, 1.165) is 55.0 Å². The Morgan fingerprint density at radius 2 is 1.33 bits per heavy atom. The van der Waals surface area contributed by atoms with Crippen molar-refractivity contribution in [3.63, 3.8) is 0 Å². The second-order valence-electron chi connectivity index (χ2n) is 10.0. The standard InChI is InChI=1S/C25H36O2/c26-20-8-12-22-18(14-20)6-10-25-23-13-9-21(15-19(23)7-11-24(22)25)27-16-17-4-2-1-3-5-17/h1-5,18-26H,6-16H2/t18-,19+,20+,21-,22-,23+,24+,25-/m0/s1. The van der Waals surface area contributed by atoms with Crippen LogP contribution >= 0.6 is 0 Å². The van der Waals surface area contributed by atoms with Crippen LogP contribution in [0.2, 0.25) is 0 Å². The molecular formula is C25H36O2. The summed E-state index contributed by atoms with van der Waals surface area (Å²) < 4.78 is 6.32. The highest BCUT2D eigenvalue weighted by molar-refractivity contribution is 5.13. The van der Waals surface area contributed by atoms with Crippen molar-refractivity contribution < 1.29 is 9.84 Å². The molecule has 8 atom stereocenters. The lowest BCUT2D eigenvalue weighted by Gasteiger charge is -2.55. The van der Waals surface area contributed by atoms with Gasteiger partial charge in [-0.2, -0.15) is 0 Å². The van der Waals surface area contributed by atoms with Crippen molar-refractivity contribution in [3.05, 3.63) is 35.9 Å². The molecule has 2 nitrogen and oxygen atoms in total. The van der Waals surface area contributed by atoms with Crippen molar-refractivity contribution in [3.8, 4) is 0 Å². The van der Waals surface area contributed by atoms with Gasteiger partial charge in [0.1, 0.15) is 0 Å². The number of fused-ring (bicyclic) bond motifs is 5. The molecule has 1 aromatic rings. The maximum absolute atomic E-state index is 10.1. The van der Waals surface area contributed by atoms with E-state index >= 15 is 0 Å². The minimum Gasteiger partial charge on any atom is -0.393 e. The number of ether oxygens (including phenoxy) is 1. The maximum Gasteiger partial charge on any atom is 0.0720 e. The first-order chi connectivity index (χ1) is 13.3. The summed E-state index contributed by atoms with van der Waals surface area (Å²) in [6.45, 7) is 0.779. The summed E-state index contributed by atoms with van der Waals surface area (Å²) in [6, 6.07) is 10.6. The van der Waals surface area contributed by atoms with Gasteiger partial charge in [0.15, 0.2) is 0 Å². The fraction of sp³-hybridized carbons (Fsp3) is 0.760. The first kappa shape index (κ1) is 18.2. The van der Waals surface area contributed by atoms with Gasteiger partial charge in [-0.05, 0) is 105 Å². The summed E-state index contributed by atoms with van der Waals surface area (Å²) in [7, 11) is 0. The van der Waals surface area contributed by atoms with E-state index in [4.69, 9.17) is 4.74 Å². The number of aliphatic hydroxyl groups excluding tert-OH is 1. The van der Waals surface area contributed by atoms with Crippen LogP contribution in [-0.4, -0.2) is 17.3 Å². The summed E-state index contributed by atoms with van der Waals surface area (Å²) in [6.07, 6.45) is 13.6. The van der Waals surface area contributed by atoms with Crippen molar-refractivity contribution in [1.29, 1.82) is 0 Å². The first-order valence-corrected chi connectivity index (χ1v) is 11.6. The Morgan fingerprint density at radius 3 is 2.07 bits per heavy atom. The van der Waals surface area contributed by atoms with Gasteiger partial charge < -0.3 is 9.84 Å². The monoisotopic (exact) mass is 368 g/mol. The molecule has 0 amide bonds. The van der Waals surface area contributed by atoms with Crippen molar-refractivity contribution in [2.45, 2.75) is 83.0 Å². The predicted octanol–water partition coefficient (Wildman–Crippen LogP) is 5.59. The molecule has 0 spiro atoms. The normalized spacial score (nSPS) is 44.0. The second kappa shape index (κ2) is 7.87. The average molecular weight is 369 g/mol. The lowest BCUT2D eigenvalue weighted by molar-refractivity contribution is -0.0882. The van der Waals surface area contributed by atoms with Gasteiger partial charge >= 0.3 is 0 Å². The largest absolute Gasteiger partial charge is 0.393 e. The van der Waals surface area contributed by atoms with Crippen molar-refractivity contribution in [2.24, 2.45) is 35.5 Å². The van der Waals surface area contributed by atoms with Gasteiger partial charge in [-0.15, -0.1) is 0 Å². The Labute approximate surface area is 164 Å². The Kier molecular flexibility index (Phi) is 5.30. The van der Waals surface area contributed by atoms with Gasteiger partial charge in [-0.1, -0.05) is 30.3 Å². The van der Waals surface area contributed by atoms with E-state index in [1.807, 2.05) is 0 Å². The molecule has 0 radical (unpaired) electrons. The van der Waals surface area contributed by atoms with Gasteiger partial charge in [0.25, 0.3) is 0 Å². The lowest BCUT2D eigenvalue weighted by atomic mass is 9.51. The molecule has 27 heavy (non-hydrogen) atoms. The van der Waals surface area contributed by atoms with Crippen LogP contribution < -0.4 is 0 Å². The van der Waals surface area contributed by atoms with E-state index in [1.165, 1.54) is 56.9 Å². The van der Waals surface area contributed by atoms with Crippen LogP contribution in [-0.2, 0) is 11.3 Å². The number of aliphatic hydroxyl groups is 1. The van der Waals surface area contributed by atoms with Crippen LogP contribution in [0.3, 0.4) is 0 Å². The Morgan fingerprint density at radius 1 is 0.704 bits per heavy atom. The van der Waals surface area contributed by atoms with Gasteiger partial charge in [0.05, 0.1) is 18.8 Å². The third-order valence-electron chi connectivity index (χ3n) is 8.73. The van der Waals surface area contributed by atoms with Crippen molar-refractivity contribution in [2.75, 3.05) is 0 Å². The lowest BCUT2D eigenvalue weighted by Crippen LogP contribution is -2.48. The van der Waals surface area contributed by atoms with Crippen LogP contribution in [0.5, 0.6) is 0 Å². The summed E-state index contributed by atoms with van der Waals surface area (Å²) in [5.41, 5.74) is 1.31. The topological polar surface area (TPSA) is 29.5 Å². The molecule has 4 aliphatic rings. The first-order valence-electron chi connectivity index (χ1n) is 11.6. The third-order valence-corrected chi connectivity index (χ3v) is 8.73. The third kappa shape index (κ3) is 3.72. The molecule has 4 saturated carbocycles. The molecule has 5 rings (SSSR count). The Hall–Kier alpha value is -0.860. The zero-order chi connectivity index (χ0) is 18.2. The molecule has 4 aliphatic carbocycles. The molecule has 2 heteroatoms. The van der Waals surface area contributed by atoms with E-state index in [1.54, 1.807) is 0 Å². The minimum atomic E-state index is -0.00339. The fourth-order valence-electron chi connectivity index (χ4n) is 7.54. The molecule has 148 valence electrons. The Bertz CT molecular complexity index is 614. The van der Waals surface area contributed by atoms with Crippen LogP contribution in [0.4, 0.5) is 0 Å². The van der Waals surface area contributed by atoms with E-state index in [2.05, 4.69) is 30.3 Å². The number of hydrogen-bond acceptors (Lipinski definition) is 2. The molecular weight excluding hydrogens is 332 g/mol. The Balaban J connectivity index is 1.19. The molecule has 0 aliphatic heterocycles. The maximum atomic E-state index is 10.1. The molecule has 0 bridgehead atoms. The van der Waals surface area contributed by atoms with E-state index < -0.39 is 0 Å². The smallest absolute Gasteiger partial charge is 0.0720 e. The predicted molar refractivity (Wildman–Crippen MR) is 108 cm³/mol. The summed E-state index contributed by atoms with van der Waals surface area (Å²) in [5.74, 6) is 5.59. The quantitative estimate of drug-likeness (QED) is 0.754. The highest BCUT2D eigenvalue weighted by Gasteiger charge is 2.49. The van der Waals surface area contributed by atoms with Gasteiger partial charge in [-0.3, -0.25) is 0 Å². The number of rotatable bonds is 3. The summed E-state index contributed by atoms with van der Waals surface area (Å²) >= 11 is 0. The number of hydrogen-bond donors (Lipinski definition) is 1. The van der Waals surface area contributed by atoms with Gasteiger partial charge in [0, 0.05) is 0 Å². The average Bonchev–Trinajstić information content (AvgIpc) is 2.72. The fourth-order valence-corrected chi connectivity index (χ4v) is 7.54. The second-order valence-corrected chi connectivity index (χ2v) is 10.0.